The van der Waals surface area contributed by atoms with Gasteiger partial charge in [0.2, 0.25) is 0 Å². The maximum atomic E-state index is 11.9. The summed E-state index contributed by atoms with van der Waals surface area (Å²) in [7, 11) is 0. The highest BCUT2D eigenvalue weighted by molar-refractivity contribution is 7.80. The minimum absolute atomic E-state index is 0.295. The van der Waals surface area contributed by atoms with E-state index < -0.39 is 5.97 Å². The third-order valence-electron chi connectivity index (χ3n) is 3.29. The molecule has 0 radical (unpaired) electrons. The second-order valence-corrected chi connectivity index (χ2v) is 6.02. The van der Waals surface area contributed by atoms with Crippen LogP contribution in [0.1, 0.15) is 28.4 Å². The van der Waals surface area contributed by atoms with Gasteiger partial charge >= 0.3 is 5.97 Å². The van der Waals surface area contributed by atoms with Gasteiger partial charge < -0.3 is 15.4 Å². The first-order valence-electron chi connectivity index (χ1n) is 7.56. The second-order valence-electron chi connectivity index (χ2n) is 5.21. The van der Waals surface area contributed by atoms with E-state index in [9.17, 15) is 4.79 Å². The van der Waals surface area contributed by atoms with Gasteiger partial charge in [0.15, 0.2) is 5.11 Å². The SMILES string of the molecule is CCOC(=O)c1cc(NC(=S)NCc2ccc(C)cc2)ccc1Cl. The van der Waals surface area contributed by atoms with Crippen molar-refractivity contribution in [2.45, 2.75) is 20.4 Å². The third kappa shape index (κ3) is 5.22. The molecule has 0 spiro atoms. The van der Waals surface area contributed by atoms with Gasteiger partial charge in [-0.2, -0.15) is 0 Å². The van der Waals surface area contributed by atoms with E-state index in [4.69, 9.17) is 28.6 Å². The molecule has 24 heavy (non-hydrogen) atoms. The number of carbonyl (C=O) groups excluding carboxylic acids is 1. The van der Waals surface area contributed by atoms with Crippen molar-refractivity contribution in [1.82, 2.24) is 5.32 Å². The maximum Gasteiger partial charge on any atom is 0.339 e. The minimum Gasteiger partial charge on any atom is -0.462 e. The van der Waals surface area contributed by atoms with E-state index in [0.29, 0.717) is 34.5 Å². The summed E-state index contributed by atoms with van der Waals surface area (Å²) >= 11 is 11.3. The van der Waals surface area contributed by atoms with E-state index in [1.54, 1.807) is 25.1 Å². The van der Waals surface area contributed by atoms with Gasteiger partial charge in [-0.25, -0.2) is 4.79 Å². The zero-order chi connectivity index (χ0) is 17.5. The highest BCUT2D eigenvalue weighted by atomic mass is 35.5. The molecule has 0 bridgehead atoms. The van der Waals surface area contributed by atoms with Crippen molar-refractivity contribution in [2.24, 2.45) is 0 Å². The number of thiocarbonyl (C=S) groups is 1. The molecule has 4 nitrogen and oxygen atoms in total. The number of ether oxygens (including phenoxy) is 1. The Morgan fingerprint density at radius 2 is 1.92 bits per heavy atom. The normalized spacial score (nSPS) is 10.1. The van der Waals surface area contributed by atoms with E-state index in [1.165, 1.54) is 5.56 Å². The average molecular weight is 363 g/mol. The number of halogens is 1. The van der Waals surface area contributed by atoms with Crippen molar-refractivity contribution in [3.8, 4) is 0 Å². The number of rotatable bonds is 5. The Morgan fingerprint density at radius 3 is 2.58 bits per heavy atom. The summed E-state index contributed by atoms with van der Waals surface area (Å²) in [6, 6.07) is 13.2. The molecule has 0 atom stereocenters. The van der Waals surface area contributed by atoms with E-state index in [0.717, 1.165) is 5.56 Å². The third-order valence-corrected chi connectivity index (χ3v) is 3.87. The Balaban J connectivity index is 1.97. The predicted molar refractivity (Wildman–Crippen MR) is 102 cm³/mol. The van der Waals surface area contributed by atoms with Gasteiger partial charge in [0.1, 0.15) is 0 Å². The fourth-order valence-electron chi connectivity index (χ4n) is 2.03. The van der Waals surface area contributed by atoms with Gasteiger partial charge in [-0.15, -0.1) is 0 Å². The average Bonchev–Trinajstić information content (AvgIpc) is 2.56. The minimum atomic E-state index is -0.454. The second kappa shape index (κ2) is 8.66. The van der Waals surface area contributed by atoms with E-state index in [2.05, 4.69) is 22.8 Å². The first-order chi connectivity index (χ1) is 11.5. The highest BCUT2D eigenvalue weighted by Crippen LogP contribution is 2.21. The molecule has 0 amide bonds. The Labute approximate surface area is 152 Å². The van der Waals surface area contributed by atoms with Crippen LogP contribution < -0.4 is 10.6 Å². The standard InChI is InChI=1S/C18H19ClN2O2S/c1-3-23-17(22)15-10-14(8-9-16(15)19)21-18(24)20-11-13-6-4-12(2)5-7-13/h4-10H,3,11H2,1-2H3,(H2,20,21,24). The molecule has 126 valence electrons. The summed E-state index contributed by atoms with van der Waals surface area (Å²) in [6.45, 7) is 4.71. The molecular weight excluding hydrogens is 344 g/mol. The summed E-state index contributed by atoms with van der Waals surface area (Å²) in [4.78, 5) is 11.9. The van der Waals surface area contributed by atoms with Gasteiger partial charge in [-0.3, -0.25) is 0 Å². The van der Waals surface area contributed by atoms with Crippen LogP contribution in [0.5, 0.6) is 0 Å². The molecule has 0 unspecified atom stereocenters. The fraction of sp³-hybridized carbons (Fsp3) is 0.222. The number of esters is 1. The van der Waals surface area contributed by atoms with Crippen LogP contribution in [0.25, 0.3) is 0 Å². The Kier molecular flexibility index (Phi) is 6.58. The van der Waals surface area contributed by atoms with Gasteiger partial charge in [-0.05, 0) is 49.8 Å². The summed E-state index contributed by atoms with van der Waals surface area (Å²) < 4.78 is 4.98. The van der Waals surface area contributed by atoms with Crippen LogP contribution in [-0.2, 0) is 11.3 Å². The molecule has 0 saturated heterocycles. The zero-order valence-electron chi connectivity index (χ0n) is 13.6. The first kappa shape index (κ1) is 18.2. The molecule has 2 rings (SSSR count). The van der Waals surface area contributed by atoms with Crippen LogP contribution in [-0.4, -0.2) is 17.7 Å². The lowest BCUT2D eigenvalue weighted by atomic mass is 10.1. The number of anilines is 1. The number of carbonyl (C=O) groups is 1. The summed E-state index contributed by atoms with van der Waals surface area (Å²) in [6.07, 6.45) is 0. The number of benzene rings is 2. The molecule has 0 heterocycles. The van der Waals surface area contributed by atoms with Gasteiger partial charge in [-0.1, -0.05) is 41.4 Å². The zero-order valence-corrected chi connectivity index (χ0v) is 15.1. The van der Waals surface area contributed by atoms with Crippen LogP contribution >= 0.6 is 23.8 Å². The molecule has 2 aromatic carbocycles. The van der Waals surface area contributed by atoms with Crippen LogP contribution in [0.2, 0.25) is 5.02 Å². The molecule has 0 aromatic heterocycles. The van der Waals surface area contributed by atoms with Crippen molar-refractivity contribution in [2.75, 3.05) is 11.9 Å². The Bertz CT molecular complexity index is 732. The van der Waals surface area contributed by atoms with Crippen LogP contribution in [0, 0.1) is 6.92 Å². The topological polar surface area (TPSA) is 50.4 Å². The van der Waals surface area contributed by atoms with Crippen molar-refractivity contribution in [3.63, 3.8) is 0 Å². The van der Waals surface area contributed by atoms with E-state index >= 15 is 0 Å². The smallest absolute Gasteiger partial charge is 0.339 e. The highest BCUT2D eigenvalue weighted by Gasteiger charge is 2.12. The molecule has 0 aliphatic heterocycles. The summed E-state index contributed by atoms with van der Waals surface area (Å²) in [5.41, 5.74) is 3.33. The van der Waals surface area contributed by atoms with Crippen molar-refractivity contribution < 1.29 is 9.53 Å². The number of nitrogens with one attached hydrogen (secondary N) is 2. The quantitative estimate of drug-likeness (QED) is 0.613. The van der Waals surface area contributed by atoms with Gasteiger partial charge in [0.05, 0.1) is 17.2 Å². The Morgan fingerprint density at radius 1 is 1.21 bits per heavy atom. The molecule has 2 aromatic rings. The van der Waals surface area contributed by atoms with E-state index in [1.807, 2.05) is 19.1 Å². The molecule has 2 N–H and O–H groups in total. The van der Waals surface area contributed by atoms with Crippen LogP contribution in [0.3, 0.4) is 0 Å². The molecule has 0 saturated carbocycles. The fourth-order valence-corrected chi connectivity index (χ4v) is 2.42. The number of aryl methyl sites for hydroxylation is 1. The predicted octanol–water partition coefficient (Wildman–Crippen LogP) is 4.31. The Hall–Kier alpha value is -2.11. The maximum absolute atomic E-state index is 11.9. The lowest BCUT2D eigenvalue weighted by molar-refractivity contribution is 0.0526. The summed E-state index contributed by atoms with van der Waals surface area (Å²) in [5.74, 6) is -0.454. The molecule has 0 fully saturated rings. The van der Waals surface area contributed by atoms with Crippen LogP contribution in [0.4, 0.5) is 5.69 Å². The molecule has 6 heteroatoms. The van der Waals surface area contributed by atoms with Gasteiger partial charge in [0.25, 0.3) is 0 Å². The molecular formula is C18H19ClN2O2S. The van der Waals surface area contributed by atoms with Crippen LogP contribution in [0.15, 0.2) is 42.5 Å². The largest absolute Gasteiger partial charge is 0.462 e. The number of hydrogen-bond donors (Lipinski definition) is 2. The van der Waals surface area contributed by atoms with Crippen molar-refractivity contribution in [3.05, 3.63) is 64.2 Å². The lowest BCUT2D eigenvalue weighted by Gasteiger charge is -2.12. The lowest BCUT2D eigenvalue weighted by Crippen LogP contribution is -2.28. The van der Waals surface area contributed by atoms with Gasteiger partial charge in [0, 0.05) is 12.2 Å². The number of hydrogen-bond acceptors (Lipinski definition) is 3. The van der Waals surface area contributed by atoms with Crippen molar-refractivity contribution in [1.29, 1.82) is 0 Å². The first-order valence-corrected chi connectivity index (χ1v) is 8.35. The van der Waals surface area contributed by atoms with Crippen molar-refractivity contribution >= 4 is 40.6 Å². The van der Waals surface area contributed by atoms with E-state index in [-0.39, 0.29) is 0 Å². The monoisotopic (exact) mass is 362 g/mol. The molecule has 0 aliphatic carbocycles. The summed E-state index contributed by atoms with van der Waals surface area (Å²) in [5, 5.41) is 6.98. The molecule has 0 aliphatic rings.